The Bertz CT molecular complexity index is 741. The Morgan fingerprint density at radius 3 is 2.56 bits per heavy atom. The lowest BCUT2D eigenvalue weighted by atomic mass is 10.1. The number of rotatable bonds is 7. The van der Waals surface area contributed by atoms with Gasteiger partial charge in [0.1, 0.15) is 0 Å². The molecule has 2 rings (SSSR count). The van der Waals surface area contributed by atoms with Gasteiger partial charge in [-0.25, -0.2) is 9.48 Å². The van der Waals surface area contributed by atoms with Crippen molar-refractivity contribution in [2.24, 2.45) is 0 Å². The van der Waals surface area contributed by atoms with E-state index in [1.807, 2.05) is 26.0 Å². The molecule has 0 radical (unpaired) electrons. The van der Waals surface area contributed by atoms with Gasteiger partial charge in [-0.1, -0.05) is 25.4 Å². The topological polar surface area (TPSA) is 96.2 Å². The van der Waals surface area contributed by atoms with Crippen LogP contribution in [0.2, 0.25) is 5.02 Å². The van der Waals surface area contributed by atoms with Crippen LogP contribution in [0, 0.1) is 0 Å². The fourth-order valence-electron chi connectivity index (χ4n) is 2.41. The monoisotopic (exact) mass is 364 g/mol. The van der Waals surface area contributed by atoms with Gasteiger partial charge in [-0.05, 0) is 36.6 Å². The molecule has 0 saturated carbocycles. The van der Waals surface area contributed by atoms with Crippen molar-refractivity contribution in [3.63, 3.8) is 0 Å². The van der Waals surface area contributed by atoms with Gasteiger partial charge >= 0.3 is 12.0 Å². The summed E-state index contributed by atoms with van der Waals surface area (Å²) in [4.78, 5) is 22.5. The van der Waals surface area contributed by atoms with Crippen molar-refractivity contribution < 1.29 is 14.7 Å². The third-order valence-electron chi connectivity index (χ3n) is 3.53. The number of urea groups is 1. The average molecular weight is 365 g/mol. The van der Waals surface area contributed by atoms with Crippen molar-refractivity contribution in [2.45, 2.75) is 32.6 Å². The first kappa shape index (κ1) is 18.8. The number of nitrogens with one attached hydrogen (secondary N) is 2. The molecule has 0 aliphatic heterocycles. The summed E-state index contributed by atoms with van der Waals surface area (Å²) in [5.41, 5.74) is 2.33. The number of amides is 2. The first-order chi connectivity index (χ1) is 11.9. The summed E-state index contributed by atoms with van der Waals surface area (Å²) in [7, 11) is 0. The predicted octanol–water partition coefficient (Wildman–Crippen LogP) is 3.64. The summed E-state index contributed by atoms with van der Waals surface area (Å²) in [5, 5.41) is 19.0. The summed E-state index contributed by atoms with van der Waals surface area (Å²) in [6.45, 7) is 4.32. The van der Waals surface area contributed by atoms with E-state index in [1.165, 1.54) is 0 Å². The predicted molar refractivity (Wildman–Crippen MR) is 96.6 cm³/mol. The Kier molecular flexibility index (Phi) is 6.41. The number of benzene rings is 1. The van der Waals surface area contributed by atoms with Crippen molar-refractivity contribution >= 4 is 29.3 Å². The van der Waals surface area contributed by atoms with Gasteiger partial charge in [0, 0.05) is 18.0 Å². The second-order valence-corrected chi connectivity index (χ2v) is 6.30. The lowest BCUT2D eigenvalue weighted by Gasteiger charge is -2.14. The minimum absolute atomic E-state index is 0.0199. The van der Waals surface area contributed by atoms with Crippen molar-refractivity contribution in [1.82, 2.24) is 15.1 Å². The molecule has 25 heavy (non-hydrogen) atoms. The van der Waals surface area contributed by atoms with Crippen LogP contribution in [0.5, 0.6) is 0 Å². The van der Waals surface area contributed by atoms with Crippen LogP contribution in [0.15, 0.2) is 30.5 Å². The zero-order valence-corrected chi connectivity index (χ0v) is 14.9. The third-order valence-corrected chi connectivity index (χ3v) is 3.78. The van der Waals surface area contributed by atoms with E-state index in [-0.39, 0.29) is 18.4 Å². The van der Waals surface area contributed by atoms with E-state index >= 15 is 0 Å². The fourth-order valence-corrected chi connectivity index (χ4v) is 2.53. The van der Waals surface area contributed by atoms with Crippen LogP contribution in [0.3, 0.4) is 0 Å². The molecule has 134 valence electrons. The van der Waals surface area contributed by atoms with E-state index in [1.54, 1.807) is 23.0 Å². The number of halogens is 1. The Hall–Kier alpha value is -2.54. The van der Waals surface area contributed by atoms with Gasteiger partial charge in [0.05, 0.1) is 23.3 Å². The molecule has 8 heteroatoms. The number of carboxylic acids is 1. The fraction of sp³-hybridized carbons (Fsp3) is 0.353. The van der Waals surface area contributed by atoms with E-state index in [2.05, 4.69) is 15.7 Å². The van der Waals surface area contributed by atoms with E-state index in [0.29, 0.717) is 23.7 Å². The summed E-state index contributed by atoms with van der Waals surface area (Å²) in [6.07, 6.45) is 2.00. The molecule has 3 N–H and O–H groups in total. The molecule has 0 saturated heterocycles. The number of carboxylic acid groups (broad SMARTS) is 1. The van der Waals surface area contributed by atoms with Gasteiger partial charge in [0.2, 0.25) is 0 Å². The first-order valence-electron chi connectivity index (χ1n) is 7.99. The quantitative estimate of drug-likeness (QED) is 0.653. The number of anilines is 1. The number of aliphatic carboxylic acids is 1. The van der Waals surface area contributed by atoms with Gasteiger partial charge in [-0.15, -0.1) is 0 Å². The molecule has 1 aromatic heterocycles. The van der Waals surface area contributed by atoms with Gasteiger partial charge < -0.3 is 15.7 Å². The van der Waals surface area contributed by atoms with Crippen LogP contribution < -0.4 is 10.6 Å². The molecular weight excluding hydrogens is 344 g/mol. The smallest absolute Gasteiger partial charge is 0.319 e. The Labute approximate surface area is 151 Å². The Morgan fingerprint density at radius 1 is 1.28 bits per heavy atom. The number of nitrogens with zero attached hydrogens (tertiary/aromatic N) is 2. The second-order valence-electron chi connectivity index (χ2n) is 5.86. The molecule has 0 fully saturated rings. The molecule has 1 aromatic carbocycles. The van der Waals surface area contributed by atoms with Crippen LogP contribution in [-0.4, -0.2) is 33.4 Å². The highest BCUT2D eigenvalue weighted by molar-refractivity contribution is 6.30. The molecule has 1 heterocycles. The highest BCUT2D eigenvalue weighted by Crippen LogP contribution is 2.27. The maximum absolute atomic E-state index is 12.0. The molecule has 0 aliphatic rings. The zero-order chi connectivity index (χ0) is 18.4. The average Bonchev–Trinajstić information content (AvgIpc) is 2.96. The highest BCUT2D eigenvalue weighted by atomic mass is 35.5. The van der Waals surface area contributed by atoms with Crippen LogP contribution in [0.1, 0.15) is 38.3 Å². The zero-order valence-electron chi connectivity index (χ0n) is 14.1. The van der Waals surface area contributed by atoms with Gasteiger partial charge in [0.25, 0.3) is 0 Å². The van der Waals surface area contributed by atoms with Gasteiger partial charge in [0.15, 0.2) is 0 Å². The van der Waals surface area contributed by atoms with Crippen molar-refractivity contribution in [3.8, 4) is 5.69 Å². The molecule has 2 aromatic rings. The Balaban J connectivity index is 2.09. The summed E-state index contributed by atoms with van der Waals surface area (Å²) < 4.78 is 1.76. The van der Waals surface area contributed by atoms with Gasteiger partial charge in [-0.3, -0.25) is 4.79 Å². The first-order valence-corrected chi connectivity index (χ1v) is 8.36. The summed E-state index contributed by atoms with van der Waals surface area (Å²) in [5.74, 6) is -0.756. The molecule has 7 nitrogen and oxygen atoms in total. The number of aromatic nitrogens is 2. The van der Waals surface area contributed by atoms with E-state index in [9.17, 15) is 9.59 Å². The Morgan fingerprint density at radius 2 is 1.96 bits per heavy atom. The summed E-state index contributed by atoms with van der Waals surface area (Å²) in [6, 6.07) is 6.90. The van der Waals surface area contributed by atoms with Crippen molar-refractivity contribution in [3.05, 3.63) is 41.2 Å². The van der Waals surface area contributed by atoms with E-state index in [0.717, 1.165) is 11.4 Å². The summed E-state index contributed by atoms with van der Waals surface area (Å²) >= 11 is 5.92. The molecule has 0 aliphatic carbocycles. The van der Waals surface area contributed by atoms with Crippen molar-refractivity contribution in [1.29, 1.82) is 0 Å². The molecular formula is C17H21ClN4O3. The number of hydrogen-bond acceptors (Lipinski definition) is 3. The number of hydrogen-bond donors (Lipinski definition) is 3. The minimum atomic E-state index is -0.881. The van der Waals surface area contributed by atoms with Crippen LogP contribution in [0.4, 0.5) is 10.5 Å². The number of carbonyl (C=O) groups is 2. The maximum Gasteiger partial charge on any atom is 0.319 e. The lowest BCUT2D eigenvalue weighted by molar-refractivity contribution is -0.137. The van der Waals surface area contributed by atoms with E-state index < -0.39 is 5.97 Å². The SMILES string of the molecule is CC(C)c1c(NC(=O)NCCCC(=O)O)cnn1-c1ccc(Cl)cc1. The molecule has 2 amide bonds. The number of carbonyl (C=O) groups excluding carboxylic acids is 1. The highest BCUT2D eigenvalue weighted by Gasteiger charge is 2.17. The van der Waals surface area contributed by atoms with Crippen molar-refractivity contribution in [2.75, 3.05) is 11.9 Å². The molecule has 0 atom stereocenters. The van der Waals surface area contributed by atoms with Gasteiger partial charge in [-0.2, -0.15) is 5.10 Å². The van der Waals surface area contributed by atoms with Crippen LogP contribution >= 0.6 is 11.6 Å². The third kappa shape index (κ3) is 5.22. The molecule has 0 unspecified atom stereocenters. The van der Waals surface area contributed by atoms with Crippen LogP contribution in [-0.2, 0) is 4.79 Å². The van der Waals surface area contributed by atoms with E-state index in [4.69, 9.17) is 16.7 Å². The second kappa shape index (κ2) is 8.53. The van der Waals surface area contributed by atoms with Crippen LogP contribution in [0.25, 0.3) is 5.69 Å². The molecule has 0 spiro atoms. The lowest BCUT2D eigenvalue weighted by Crippen LogP contribution is -2.30. The molecule has 0 bridgehead atoms. The maximum atomic E-state index is 12.0. The minimum Gasteiger partial charge on any atom is -0.481 e. The normalized spacial score (nSPS) is 10.7. The largest absolute Gasteiger partial charge is 0.481 e. The standard InChI is InChI=1S/C17H21ClN4O3/c1-11(2)16-14(21-17(25)19-9-3-4-15(23)24)10-20-22(16)13-7-5-12(18)6-8-13/h5-8,10-11H,3-4,9H2,1-2H3,(H,23,24)(H2,19,21,25).